The maximum atomic E-state index is 10.9. The second-order valence-corrected chi connectivity index (χ2v) is 7.24. The highest BCUT2D eigenvalue weighted by Gasteiger charge is 2.37. The minimum absolute atomic E-state index is 0.0277. The summed E-state index contributed by atoms with van der Waals surface area (Å²) >= 11 is 0. The number of hydrogen-bond donors (Lipinski definition) is 2. The highest BCUT2D eigenvalue weighted by atomic mass is 16.5. The molecule has 1 aromatic rings. The molecule has 24 heavy (non-hydrogen) atoms. The molecule has 0 radical (unpaired) electrons. The van der Waals surface area contributed by atoms with Gasteiger partial charge < -0.3 is 19.8 Å². The number of piperidine rings is 1. The third-order valence-electron chi connectivity index (χ3n) is 5.04. The molecule has 2 saturated heterocycles. The molecule has 0 bridgehead atoms. The summed E-state index contributed by atoms with van der Waals surface area (Å²) in [7, 11) is 0. The van der Waals surface area contributed by atoms with Crippen molar-refractivity contribution in [1.29, 1.82) is 0 Å². The van der Waals surface area contributed by atoms with Crippen LogP contribution in [0.15, 0.2) is 24.3 Å². The van der Waals surface area contributed by atoms with Gasteiger partial charge in [0.2, 0.25) is 0 Å². The van der Waals surface area contributed by atoms with Crippen molar-refractivity contribution in [2.75, 3.05) is 45.9 Å². The van der Waals surface area contributed by atoms with E-state index in [1.165, 1.54) is 24.8 Å². The first-order valence-electron chi connectivity index (χ1n) is 9.17. The molecule has 0 amide bonds. The van der Waals surface area contributed by atoms with Crippen molar-refractivity contribution < 1.29 is 14.9 Å². The van der Waals surface area contributed by atoms with E-state index in [0.717, 1.165) is 51.4 Å². The van der Waals surface area contributed by atoms with Crippen molar-refractivity contribution in [3.05, 3.63) is 29.8 Å². The van der Waals surface area contributed by atoms with Gasteiger partial charge >= 0.3 is 0 Å². The van der Waals surface area contributed by atoms with Gasteiger partial charge in [-0.15, -0.1) is 0 Å². The molecule has 0 unspecified atom stereocenters. The Labute approximate surface area is 144 Å². The summed E-state index contributed by atoms with van der Waals surface area (Å²) in [6.45, 7) is 5.93. The SMILES string of the molecule is OCCOc1cccc(CN2CC[C@@](O)(CN3CCCCC3)C2)c1. The van der Waals surface area contributed by atoms with E-state index >= 15 is 0 Å². The van der Waals surface area contributed by atoms with E-state index in [1.807, 2.05) is 18.2 Å². The summed E-state index contributed by atoms with van der Waals surface area (Å²) in [6, 6.07) is 8.01. The minimum Gasteiger partial charge on any atom is -0.491 e. The van der Waals surface area contributed by atoms with Gasteiger partial charge in [0.25, 0.3) is 0 Å². The summed E-state index contributed by atoms with van der Waals surface area (Å²) in [6.07, 6.45) is 4.71. The Morgan fingerprint density at radius 1 is 1.08 bits per heavy atom. The third-order valence-corrected chi connectivity index (χ3v) is 5.04. The first-order valence-corrected chi connectivity index (χ1v) is 9.17. The minimum atomic E-state index is -0.567. The maximum Gasteiger partial charge on any atom is 0.119 e. The Balaban J connectivity index is 1.51. The van der Waals surface area contributed by atoms with E-state index in [4.69, 9.17) is 9.84 Å². The molecule has 5 heteroatoms. The van der Waals surface area contributed by atoms with Crippen LogP contribution in [-0.4, -0.2) is 71.6 Å². The summed E-state index contributed by atoms with van der Waals surface area (Å²) in [4.78, 5) is 4.76. The van der Waals surface area contributed by atoms with Gasteiger partial charge in [-0.2, -0.15) is 0 Å². The van der Waals surface area contributed by atoms with Gasteiger partial charge in [0.05, 0.1) is 12.2 Å². The molecule has 134 valence electrons. The van der Waals surface area contributed by atoms with Crippen LogP contribution in [0.2, 0.25) is 0 Å². The summed E-state index contributed by atoms with van der Waals surface area (Å²) < 4.78 is 5.48. The molecule has 2 aliphatic heterocycles. The van der Waals surface area contributed by atoms with Crippen molar-refractivity contribution >= 4 is 0 Å². The van der Waals surface area contributed by atoms with E-state index in [2.05, 4.69) is 15.9 Å². The first kappa shape index (κ1) is 17.7. The van der Waals surface area contributed by atoms with Crippen LogP contribution in [0.4, 0.5) is 0 Å². The van der Waals surface area contributed by atoms with Crippen LogP contribution in [0.5, 0.6) is 5.75 Å². The van der Waals surface area contributed by atoms with Gasteiger partial charge in [-0.3, -0.25) is 4.90 Å². The van der Waals surface area contributed by atoms with Crippen LogP contribution in [0, 0.1) is 0 Å². The largest absolute Gasteiger partial charge is 0.491 e. The fourth-order valence-corrected chi connectivity index (χ4v) is 3.89. The number of rotatable bonds is 7. The Morgan fingerprint density at radius 3 is 2.71 bits per heavy atom. The molecule has 0 aliphatic carbocycles. The zero-order valence-electron chi connectivity index (χ0n) is 14.5. The molecule has 5 nitrogen and oxygen atoms in total. The second-order valence-electron chi connectivity index (χ2n) is 7.24. The van der Waals surface area contributed by atoms with Crippen LogP contribution < -0.4 is 4.74 Å². The Kier molecular flexibility index (Phi) is 6.11. The predicted molar refractivity (Wildman–Crippen MR) is 94.2 cm³/mol. The average molecular weight is 334 g/mol. The van der Waals surface area contributed by atoms with Crippen LogP contribution in [0.3, 0.4) is 0 Å². The lowest BCUT2D eigenvalue weighted by Crippen LogP contribution is -2.46. The number of aliphatic hydroxyl groups excluding tert-OH is 1. The normalized spacial score (nSPS) is 25.9. The maximum absolute atomic E-state index is 10.9. The van der Waals surface area contributed by atoms with Crippen molar-refractivity contribution in [3.63, 3.8) is 0 Å². The first-order chi connectivity index (χ1) is 11.7. The third kappa shape index (κ3) is 4.93. The Bertz CT molecular complexity index is 519. The van der Waals surface area contributed by atoms with E-state index in [-0.39, 0.29) is 6.61 Å². The van der Waals surface area contributed by atoms with Gasteiger partial charge in [0.15, 0.2) is 0 Å². The monoisotopic (exact) mass is 334 g/mol. The van der Waals surface area contributed by atoms with E-state index in [9.17, 15) is 5.11 Å². The number of likely N-dealkylation sites (tertiary alicyclic amines) is 2. The summed E-state index contributed by atoms with van der Waals surface area (Å²) in [5.74, 6) is 0.796. The molecule has 1 aromatic carbocycles. The van der Waals surface area contributed by atoms with Crippen molar-refractivity contribution in [2.24, 2.45) is 0 Å². The highest BCUT2D eigenvalue weighted by molar-refractivity contribution is 5.28. The van der Waals surface area contributed by atoms with E-state index in [0.29, 0.717) is 6.61 Å². The standard InChI is InChI=1S/C19H30N2O3/c22-11-12-24-18-6-4-5-17(13-18)14-21-10-7-19(23,16-21)15-20-8-2-1-3-9-20/h4-6,13,22-23H,1-3,7-12,14-16H2/t19-/m1/s1. The Morgan fingerprint density at radius 2 is 1.92 bits per heavy atom. The molecule has 2 heterocycles. The lowest BCUT2D eigenvalue weighted by Gasteiger charge is -2.33. The van der Waals surface area contributed by atoms with Crippen molar-refractivity contribution in [2.45, 2.75) is 37.8 Å². The van der Waals surface area contributed by atoms with Gasteiger partial charge in [0.1, 0.15) is 12.4 Å². The molecule has 2 aliphatic rings. The van der Waals surface area contributed by atoms with Gasteiger partial charge in [-0.05, 0) is 50.0 Å². The Hall–Kier alpha value is -1.14. The zero-order chi connectivity index (χ0) is 16.8. The fourth-order valence-electron chi connectivity index (χ4n) is 3.89. The van der Waals surface area contributed by atoms with Crippen molar-refractivity contribution in [1.82, 2.24) is 9.80 Å². The van der Waals surface area contributed by atoms with E-state index in [1.54, 1.807) is 0 Å². The topological polar surface area (TPSA) is 56.2 Å². The van der Waals surface area contributed by atoms with Crippen LogP contribution in [-0.2, 0) is 6.54 Å². The van der Waals surface area contributed by atoms with Gasteiger partial charge in [-0.1, -0.05) is 18.6 Å². The fraction of sp³-hybridized carbons (Fsp3) is 0.684. The lowest BCUT2D eigenvalue weighted by atomic mass is 10.0. The molecule has 1 atom stereocenters. The number of nitrogens with zero attached hydrogens (tertiary/aromatic N) is 2. The quantitative estimate of drug-likeness (QED) is 0.791. The van der Waals surface area contributed by atoms with Crippen molar-refractivity contribution in [3.8, 4) is 5.75 Å². The highest BCUT2D eigenvalue weighted by Crippen LogP contribution is 2.26. The van der Waals surface area contributed by atoms with Gasteiger partial charge in [-0.25, -0.2) is 0 Å². The number of benzene rings is 1. The molecule has 2 fully saturated rings. The van der Waals surface area contributed by atoms with Crippen LogP contribution in [0.1, 0.15) is 31.2 Å². The van der Waals surface area contributed by atoms with E-state index < -0.39 is 5.60 Å². The summed E-state index contributed by atoms with van der Waals surface area (Å²) in [5.41, 5.74) is 0.621. The molecule has 0 aromatic heterocycles. The number of hydrogen-bond acceptors (Lipinski definition) is 5. The molecular weight excluding hydrogens is 304 g/mol. The zero-order valence-corrected chi connectivity index (χ0v) is 14.5. The summed E-state index contributed by atoms with van der Waals surface area (Å²) in [5, 5.41) is 19.8. The van der Waals surface area contributed by atoms with Crippen LogP contribution in [0.25, 0.3) is 0 Å². The molecule has 3 rings (SSSR count). The second kappa shape index (κ2) is 8.30. The predicted octanol–water partition coefficient (Wildman–Crippen LogP) is 1.48. The molecule has 0 spiro atoms. The average Bonchev–Trinajstić information content (AvgIpc) is 2.94. The van der Waals surface area contributed by atoms with Crippen LogP contribution >= 0.6 is 0 Å². The number of aliphatic hydroxyl groups is 2. The molecule has 2 N–H and O–H groups in total. The smallest absolute Gasteiger partial charge is 0.119 e. The lowest BCUT2D eigenvalue weighted by molar-refractivity contribution is 0.00635. The van der Waals surface area contributed by atoms with Gasteiger partial charge in [0, 0.05) is 26.2 Å². The molecule has 0 saturated carbocycles. The number of ether oxygens (including phenoxy) is 1. The molecular formula is C19H30N2O3. The number of β-amino-alcohol motifs (C(OH)–C–C–N with tert-alkyl or cyclic N) is 1.